The Bertz CT molecular complexity index is 939. The summed E-state index contributed by atoms with van der Waals surface area (Å²) in [5, 5.41) is 5.61. The minimum absolute atomic E-state index is 0.0666. The average molecular weight is 429 g/mol. The van der Waals surface area contributed by atoms with E-state index >= 15 is 0 Å². The van der Waals surface area contributed by atoms with E-state index in [1.807, 2.05) is 72.6 Å². The molecule has 0 fully saturated rings. The largest absolute Gasteiger partial charge is 0.350 e. The van der Waals surface area contributed by atoms with Gasteiger partial charge in [-0.2, -0.15) is 0 Å². The molecule has 0 bridgehead atoms. The molecule has 0 saturated heterocycles. The van der Waals surface area contributed by atoms with Gasteiger partial charge in [0.05, 0.1) is 30.7 Å². The molecule has 8 heteroatoms. The highest BCUT2D eigenvalue weighted by Gasteiger charge is 2.17. The second-order valence-electron chi connectivity index (χ2n) is 6.40. The Kier molecular flexibility index (Phi) is 7.48. The molecular weight excluding hydrogens is 404 g/mol. The molecular formula is C21H24N4O2S2. The van der Waals surface area contributed by atoms with Crippen LogP contribution in [0.15, 0.2) is 59.2 Å². The lowest BCUT2D eigenvalue weighted by molar-refractivity contribution is -0.133. The van der Waals surface area contributed by atoms with Crippen LogP contribution >= 0.6 is 23.1 Å². The number of imidazole rings is 1. The summed E-state index contributed by atoms with van der Waals surface area (Å²) < 4.78 is 1.98. The highest BCUT2D eigenvalue weighted by atomic mass is 32.2. The first kappa shape index (κ1) is 21.1. The number of amides is 2. The van der Waals surface area contributed by atoms with Gasteiger partial charge in [-0.25, -0.2) is 4.98 Å². The zero-order valence-electron chi connectivity index (χ0n) is 16.5. The number of rotatable bonds is 9. The third-order valence-corrected chi connectivity index (χ3v) is 6.35. The average Bonchev–Trinajstić information content (AvgIpc) is 3.39. The first-order valence-corrected chi connectivity index (χ1v) is 11.2. The lowest BCUT2D eigenvalue weighted by atomic mass is 10.2. The number of nitrogens with zero attached hydrogens (tertiary/aromatic N) is 3. The van der Waals surface area contributed by atoms with E-state index in [1.54, 1.807) is 16.2 Å². The van der Waals surface area contributed by atoms with Crippen LogP contribution in [0, 0.1) is 0 Å². The maximum Gasteiger partial charge on any atom is 0.239 e. The number of hydrogen-bond donors (Lipinski definition) is 1. The molecule has 3 rings (SSSR count). The van der Waals surface area contributed by atoms with Crippen LogP contribution < -0.4 is 5.32 Å². The van der Waals surface area contributed by atoms with Gasteiger partial charge in [-0.3, -0.25) is 9.59 Å². The van der Waals surface area contributed by atoms with E-state index in [2.05, 4.69) is 10.3 Å². The number of benzene rings is 1. The monoisotopic (exact) mass is 428 g/mol. The minimum Gasteiger partial charge on any atom is -0.350 e. The van der Waals surface area contributed by atoms with Gasteiger partial charge in [-0.05, 0) is 23.9 Å². The fourth-order valence-corrected chi connectivity index (χ4v) is 4.32. The predicted molar refractivity (Wildman–Crippen MR) is 118 cm³/mol. The van der Waals surface area contributed by atoms with Gasteiger partial charge in [0.15, 0.2) is 5.16 Å². The zero-order valence-corrected chi connectivity index (χ0v) is 18.1. The number of carbonyl (C=O) groups excluding carboxylic acids is 2. The summed E-state index contributed by atoms with van der Waals surface area (Å²) in [6.45, 7) is 2.93. The van der Waals surface area contributed by atoms with Crippen molar-refractivity contribution >= 4 is 34.9 Å². The fourth-order valence-electron chi connectivity index (χ4n) is 2.83. The van der Waals surface area contributed by atoms with Gasteiger partial charge < -0.3 is 14.8 Å². The number of nitrogens with one attached hydrogen (secondary N) is 1. The Morgan fingerprint density at radius 2 is 2.00 bits per heavy atom. The summed E-state index contributed by atoms with van der Waals surface area (Å²) in [4.78, 5) is 31.9. The summed E-state index contributed by atoms with van der Waals surface area (Å²) in [7, 11) is 1.94. The van der Waals surface area contributed by atoms with Crippen LogP contribution in [0.4, 0.5) is 0 Å². The molecule has 0 atom stereocenters. The van der Waals surface area contributed by atoms with Crippen LogP contribution in [0.3, 0.4) is 0 Å². The van der Waals surface area contributed by atoms with Crippen molar-refractivity contribution in [2.45, 2.75) is 18.6 Å². The Morgan fingerprint density at radius 1 is 1.21 bits per heavy atom. The maximum atomic E-state index is 12.6. The van der Waals surface area contributed by atoms with Gasteiger partial charge in [-0.1, -0.05) is 48.2 Å². The topological polar surface area (TPSA) is 67.2 Å². The number of likely N-dealkylation sites (N-methyl/N-ethyl adjacent to an activating group) is 1. The van der Waals surface area contributed by atoms with E-state index in [0.29, 0.717) is 13.1 Å². The second-order valence-corrected chi connectivity index (χ2v) is 8.38. The molecule has 0 unspecified atom stereocenters. The molecule has 29 heavy (non-hydrogen) atoms. The van der Waals surface area contributed by atoms with Crippen molar-refractivity contribution < 1.29 is 9.59 Å². The third-order valence-electron chi connectivity index (χ3n) is 4.45. The molecule has 0 radical (unpaired) electrons. The van der Waals surface area contributed by atoms with Gasteiger partial charge in [0.2, 0.25) is 11.8 Å². The number of aromatic nitrogens is 2. The predicted octanol–water partition coefficient (Wildman–Crippen LogP) is 3.41. The third kappa shape index (κ3) is 5.71. The lowest BCUT2D eigenvalue weighted by Crippen LogP contribution is -2.41. The van der Waals surface area contributed by atoms with Crippen LogP contribution in [-0.4, -0.2) is 45.1 Å². The van der Waals surface area contributed by atoms with Crippen molar-refractivity contribution in [2.24, 2.45) is 7.05 Å². The molecule has 0 aliphatic rings. The van der Waals surface area contributed by atoms with Crippen LogP contribution in [0.5, 0.6) is 0 Å². The first-order chi connectivity index (χ1) is 14.1. The minimum atomic E-state index is -0.151. The van der Waals surface area contributed by atoms with E-state index < -0.39 is 0 Å². The number of thioether (sulfide) groups is 1. The zero-order chi connectivity index (χ0) is 20.6. The Morgan fingerprint density at radius 3 is 2.69 bits per heavy atom. The van der Waals surface area contributed by atoms with Crippen molar-refractivity contribution in [1.82, 2.24) is 19.8 Å². The smallest absolute Gasteiger partial charge is 0.239 e. The molecule has 0 saturated carbocycles. The highest BCUT2D eigenvalue weighted by Crippen LogP contribution is 2.24. The van der Waals surface area contributed by atoms with Crippen molar-refractivity contribution in [2.75, 3.05) is 18.8 Å². The molecule has 0 spiro atoms. The standard InChI is InChI=1S/C21H24N4O2S2/c1-3-25(14-19(26)22-12-17-10-7-11-28-17)20(27)15-29-21-23-13-18(24(21)2)16-8-5-4-6-9-16/h4-11,13H,3,12,14-15H2,1-2H3,(H,22,26). The SMILES string of the molecule is CCN(CC(=O)NCc1cccs1)C(=O)CSc1ncc(-c2ccccc2)n1C. The van der Waals surface area contributed by atoms with Gasteiger partial charge in [0.25, 0.3) is 0 Å². The van der Waals surface area contributed by atoms with E-state index in [9.17, 15) is 9.59 Å². The normalized spacial score (nSPS) is 10.7. The fraction of sp³-hybridized carbons (Fsp3) is 0.286. The number of thiophene rings is 1. The van der Waals surface area contributed by atoms with Gasteiger partial charge in [-0.15, -0.1) is 11.3 Å². The van der Waals surface area contributed by atoms with E-state index in [0.717, 1.165) is 21.3 Å². The quantitative estimate of drug-likeness (QED) is 0.531. The van der Waals surface area contributed by atoms with E-state index in [1.165, 1.54) is 11.8 Å². The molecule has 1 N–H and O–H groups in total. The van der Waals surface area contributed by atoms with Gasteiger partial charge in [0.1, 0.15) is 0 Å². The lowest BCUT2D eigenvalue weighted by Gasteiger charge is -2.20. The number of carbonyl (C=O) groups is 2. The van der Waals surface area contributed by atoms with E-state index in [4.69, 9.17) is 0 Å². The van der Waals surface area contributed by atoms with Crippen molar-refractivity contribution in [3.63, 3.8) is 0 Å². The molecule has 0 aliphatic carbocycles. The second kappa shape index (κ2) is 10.3. The van der Waals surface area contributed by atoms with Crippen molar-refractivity contribution in [1.29, 1.82) is 0 Å². The van der Waals surface area contributed by atoms with Crippen LogP contribution in [0.1, 0.15) is 11.8 Å². The molecule has 2 amide bonds. The van der Waals surface area contributed by atoms with Gasteiger partial charge in [0, 0.05) is 18.5 Å². The number of hydrogen-bond acceptors (Lipinski definition) is 5. The first-order valence-electron chi connectivity index (χ1n) is 9.35. The highest BCUT2D eigenvalue weighted by molar-refractivity contribution is 7.99. The van der Waals surface area contributed by atoms with E-state index in [-0.39, 0.29) is 24.1 Å². The summed E-state index contributed by atoms with van der Waals surface area (Å²) in [6.07, 6.45) is 1.82. The Hall–Kier alpha value is -2.58. The Balaban J connectivity index is 1.52. The Labute approximate surface area is 179 Å². The molecule has 3 aromatic rings. The van der Waals surface area contributed by atoms with Crippen LogP contribution in [-0.2, 0) is 23.2 Å². The molecule has 2 heterocycles. The van der Waals surface area contributed by atoms with Crippen molar-refractivity contribution in [3.05, 3.63) is 58.9 Å². The summed E-state index contributed by atoms with van der Waals surface area (Å²) >= 11 is 2.98. The van der Waals surface area contributed by atoms with Crippen molar-refractivity contribution in [3.8, 4) is 11.3 Å². The van der Waals surface area contributed by atoms with Gasteiger partial charge >= 0.3 is 0 Å². The molecule has 2 aromatic heterocycles. The molecule has 152 valence electrons. The van der Waals surface area contributed by atoms with Crippen LogP contribution in [0.25, 0.3) is 11.3 Å². The molecule has 0 aliphatic heterocycles. The molecule has 6 nitrogen and oxygen atoms in total. The summed E-state index contributed by atoms with van der Waals surface area (Å²) in [6, 6.07) is 13.9. The molecule has 1 aromatic carbocycles. The summed E-state index contributed by atoms with van der Waals surface area (Å²) in [5.41, 5.74) is 2.08. The maximum absolute atomic E-state index is 12.6. The summed E-state index contributed by atoms with van der Waals surface area (Å²) in [5.74, 6) is 0.0143. The van der Waals surface area contributed by atoms with Crippen LogP contribution in [0.2, 0.25) is 0 Å².